The zero-order chi connectivity index (χ0) is 23.9. The Bertz CT molecular complexity index is 1270. The third kappa shape index (κ3) is 5.37. The van der Waals surface area contributed by atoms with Crippen LogP contribution in [0.5, 0.6) is 5.75 Å². The number of carbonyl (C=O) groups is 1. The molecule has 4 rings (SSSR count). The second-order valence-electron chi connectivity index (χ2n) is 8.00. The first-order valence-electron chi connectivity index (χ1n) is 11.2. The fraction of sp³-hybridized carbons (Fsp3) is 0.320. The van der Waals surface area contributed by atoms with Crippen molar-refractivity contribution in [1.82, 2.24) is 14.9 Å². The fourth-order valence-corrected chi connectivity index (χ4v) is 4.01. The zero-order valence-corrected chi connectivity index (χ0v) is 19.1. The van der Waals surface area contributed by atoms with Crippen LogP contribution in [0.15, 0.2) is 54.7 Å². The minimum absolute atomic E-state index is 0.388. The maximum atomic E-state index is 12.8. The van der Waals surface area contributed by atoms with E-state index >= 15 is 0 Å². The SMILES string of the molecule is COCCc1nc2c[n+]([O-])c3cc(OCc4ccccc4)ccc3c2n1CCCCNC(=O)O. The van der Waals surface area contributed by atoms with E-state index in [0.29, 0.717) is 55.9 Å². The van der Waals surface area contributed by atoms with E-state index in [0.717, 1.165) is 33.4 Å². The molecule has 2 heterocycles. The number of aryl methyl sites for hydroxylation is 1. The number of nitrogens with one attached hydrogen (secondary N) is 1. The molecule has 4 aromatic rings. The van der Waals surface area contributed by atoms with Crippen molar-refractivity contribution in [2.45, 2.75) is 32.4 Å². The number of imidazole rings is 1. The summed E-state index contributed by atoms with van der Waals surface area (Å²) in [6.07, 6.45) is 2.54. The minimum Gasteiger partial charge on any atom is -0.618 e. The largest absolute Gasteiger partial charge is 0.618 e. The standard InChI is InChI=1S/C25H28N4O5/c1-33-14-11-23-27-21-16-29(32)22-15-19(34-17-18-7-3-2-4-8-18)9-10-20(22)24(21)28(23)13-6-5-12-26-25(30)31/h2-4,7-10,15-16,26H,5-6,11-14,17H2,1H3,(H,30,31). The minimum atomic E-state index is -1.02. The average molecular weight is 465 g/mol. The number of ether oxygens (including phenoxy) is 2. The van der Waals surface area contributed by atoms with Crippen LogP contribution in [0, 0.1) is 5.21 Å². The van der Waals surface area contributed by atoms with E-state index in [4.69, 9.17) is 19.6 Å². The van der Waals surface area contributed by atoms with E-state index < -0.39 is 6.09 Å². The lowest BCUT2D eigenvalue weighted by Crippen LogP contribution is -2.26. The first kappa shape index (κ1) is 23.3. The van der Waals surface area contributed by atoms with Gasteiger partial charge in [-0.1, -0.05) is 30.3 Å². The Hall–Kier alpha value is -3.85. The lowest BCUT2D eigenvalue weighted by atomic mass is 10.1. The van der Waals surface area contributed by atoms with E-state index in [1.54, 1.807) is 13.2 Å². The third-order valence-corrected chi connectivity index (χ3v) is 5.64. The second-order valence-corrected chi connectivity index (χ2v) is 8.00. The molecule has 0 aliphatic rings. The highest BCUT2D eigenvalue weighted by Crippen LogP contribution is 2.28. The van der Waals surface area contributed by atoms with E-state index in [-0.39, 0.29) is 0 Å². The third-order valence-electron chi connectivity index (χ3n) is 5.64. The quantitative estimate of drug-likeness (QED) is 0.199. The molecule has 0 fully saturated rings. The molecule has 2 N–H and O–H groups in total. The van der Waals surface area contributed by atoms with E-state index in [2.05, 4.69) is 9.88 Å². The molecule has 34 heavy (non-hydrogen) atoms. The van der Waals surface area contributed by atoms with Crippen LogP contribution in [0.1, 0.15) is 24.2 Å². The number of methoxy groups -OCH3 is 1. The van der Waals surface area contributed by atoms with Crippen LogP contribution in [-0.4, -0.2) is 41.0 Å². The summed E-state index contributed by atoms with van der Waals surface area (Å²) >= 11 is 0. The van der Waals surface area contributed by atoms with Crippen molar-refractivity contribution in [3.05, 3.63) is 71.3 Å². The molecule has 0 saturated carbocycles. The number of unbranched alkanes of at least 4 members (excludes halogenated alkanes) is 1. The number of fused-ring (bicyclic) bond motifs is 3. The van der Waals surface area contributed by atoms with Gasteiger partial charge < -0.3 is 29.7 Å². The molecule has 178 valence electrons. The van der Waals surface area contributed by atoms with E-state index in [9.17, 15) is 10.0 Å². The molecular weight excluding hydrogens is 436 g/mol. The summed E-state index contributed by atoms with van der Waals surface area (Å²) in [6, 6.07) is 15.4. The van der Waals surface area contributed by atoms with Gasteiger partial charge in [0.05, 0.1) is 23.6 Å². The molecule has 9 heteroatoms. The summed E-state index contributed by atoms with van der Waals surface area (Å²) in [7, 11) is 1.64. The predicted octanol–water partition coefficient (Wildman–Crippen LogP) is 3.64. The molecule has 0 saturated heterocycles. The molecule has 0 bridgehead atoms. The van der Waals surface area contributed by atoms with Gasteiger partial charge in [-0.2, -0.15) is 4.73 Å². The topological polar surface area (TPSA) is 113 Å². The lowest BCUT2D eigenvalue weighted by Gasteiger charge is -2.12. The Morgan fingerprint density at radius 2 is 2.03 bits per heavy atom. The molecule has 9 nitrogen and oxygen atoms in total. The number of carboxylic acid groups (broad SMARTS) is 1. The summed E-state index contributed by atoms with van der Waals surface area (Å²) in [5, 5.41) is 24.8. The van der Waals surface area contributed by atoms with Gasteiger partial charge in [-0.25, -0.2) is 9.78 Å². The summed E-state index contributed by atoms with van der Waals surface area (Å²) in [4.78, 5) is 15.4. The fourth-order valence-electron chi connectivity index (χ4n) is 4.01. The van der Waals surface area contributed by atoms with Gasteiger partial charge in [0.25, 0.3) is 0 Å². The van der Waals surface area contributed by atoms with Crippen LogP contribution in [0.4, 0.5) is 4.79 Å². The van der Waals surface area contributed by atoms with Crippen molar-refractivity contribution in [3.8, 4) is 5.75 Å². The van der Waals surface area contributed by atoms with Crippen LogP contribution in [0.2, 0.25) is 0 Å². The average Bonchev–Trinajstić information content (AvgIpc) is 3.18. The van der Waals surface area contributed by atoms with Gasteiger partial charge in [0.15, 0.2) is 5.52 Å². The molecule has 0 atom stereocenters. The Labute approximate surface area is 197 Å². The van der Waals surface area contributed by atoms with Gasteiger partial charge in [-0.15, -0.1) is 0 Å². The molecule has 0 unspecified atom stereocenters. The summed E-state index contributed by atoms with van der Waals surface area (Å²) < 4.78 is 14.1. The van der Waals surface area contributed by atoms with Crippen molar-refractivity contribution < 1.29 is 24.1 Å². The number of amides is 1. The van der Waals surface area contributed by atoms with E-state index in [1.165, 1.54) is 6.20 Å². The number of nitrogens with zero attached hydrogens (tertiary/aromatic N) is 3. The zero-order valence-electron chi connectivity index (χ0n) is 19.1. The normalized spacial score (nSPS) is 11.2. The van der Waals surface area contributed by atoms with Gasteiger partial charge in [0, 0.05) is 26.6 Å². The molecule has 0 aliphatic heterocycles. The molecule has 1 amide bonds. The molecule has 0 spiro atoms. The smallest absolute Gasteiger partial charge is 0.404 e. The Morgan fingerprint density at radius 1 is 1.21 bits per heavy atom. The Morgan fingerprint density at radius 3 is 2.79 bits per heavy atom. The first-order chi connectivity index (χ1) is 16.6. The summed E-state index contributed by atoms with van der Waals surface area (Å²) in [5.74, 6) is 1.45. The predicted molar refractivity (Wildman–Crippen MR) is 128 cm³/mol. The Kier molecular flexibility index (Phi) is 7.44. The molecule has 0 radical (unpaired) electrons. The number of hydrogen-bond donors (Lipinski definition) is 2. The van der Waals surface area contributed by atoms with Crippen LogP contribution in [-0.2, 0) is 24.3 Å². The number of rotatable bonds is 11. The molecule has 0 aliphatic carbocycles. The summed E-state index contributed by atoms with van der Waals surface area (Å²) in [5.41, 5.74) is 3.06. The Balaban J connectivity index is 1.65. The first-order valence-corrected chi connectivity index (χ1v) is 11.2. The van der Waals surface area contributed by atoms with Gasteiger partial charge >= 0.3 is 6.09 Å². The molecule has 2 aromatic carbocycles. The highest BCUT2D eigenvalue weighted by atomic mass is 16.5. The number of pyridine rings is 1. The van der Waals surface area contributed by atoms with Crippen molar-refractivity contribution in [2.75, 3.05) is 20.3 Å². The van der Waals surface area contributed by atoms with Crippen LogP contribution in [0.25, 0.3) is 21.9 Å². The van der Waals surface area contributed by atoms with Gasteiger partial charge in [-0.05, 0) is 30.5 Å². The highest BCUT2D eigenvalue weighted by Gasteiger charge is 2.19. The lowest BCUT2D eigenvalue weighted by molar-refractivity contribution is -0.575. The van der Waals surface area contributed by atoms with Crippen molar-refractivity contribution >= 4 is 28.0 Å². The number of hydrogen-bond acceptors (Lipinski definition) is 5. The van der Waals surface area contributed by atoms with Gasteiger partial charge in [0.1, 0.15) is 18.2 Å². The second kappa shape index (κ2) is 10.8. The van der Waals surface area contributed by atoms with Crippen LogP contribution < -0.4 is 14.8 Å². The number of benzene rings is 2. The maximum absolute atomic E-state index is 12.8. The highest BCUT2D eigenvalue weighted by molar-refractivity contribution is 6.01. The van der Waals surface area contributed by atoms with Gasteiger partial charge in [-0.3, -0.25) is 0 Å². The maximum Gasteiger partial charge on any atom is 0.404 e. The van der Waals surface area contributed by atoms with Crippen LogP contribution in [0.3, 0.4) is 0 Å². The van der Waals surface area contributed by atoms with Crippen molar-refractivity contribution in [3.63, 3.8) is 0 Å². The molecular formula is C25H28N4O5. The van der Waals surface area contributed by atoms with Crippen LogP contribution >= 0.6 is 0 Å². The molecule has 2 aromatic heterocycles. The van der Waals surface area contributed by atoms with Crippen molar-refractivity contribution in [1.29, 1.82) is 0 Å². The number of aromatic nitrogens is 3. The monoisotopic (exact) mass is 464 g/mol. The van der Waals surface area contributed by atoms with E-state index in [1.807, 2.05) is 42.5 Å². The summed E-state index contributed by atoms with van der Waals surface area (Å²) in [6.45, 7) is 1.97. The van der Waals surface area contributed by atoms with Gasteiger partial charge in [0.2, 0.25) is 11.7 Å². The van der Waals surface area contributed by atoms with Crippen molar-refractivity contribution in [2.24, 2.45) is 0 Å².